The molecule has 6 heteroatoms. The van der Waals surface area contributed by atoms with E-state index in [9.17, 15) is 4.79 Å². The molecule has 0 aliphatic rings. The number of imidazole rings is 1. The van der Waals surface area contributed by atoms with Gasteiger partial charge in [0.2, 0.25) is 5.91 Å². The van der Waals surface area contributed by atoms with Gasteiger partial charge in [-0.25, -0.2) is 4.98 Å². The van der Waals surface area contributed by atoms with Crippen LogP contribution in [0.2, 0.25) is 0 Å². The Morgan fingerprint density at radius 1 is 1.41 bits per heavy atom. The zero-order valence-corrected chi connectivity index (χ0v) is 13.8. The van der Waals surface area contributed by atoms with E-state index in [1.807, 2.05) is 16.8 Å². The molecule has 2 heterocycles. The molecule has 0 bridgehead atoms. The number of rotatable bonds is 6. The molecule has 1 amide bonds. The molecule has 0 fully saturated rings. The molecule has 0 aliphatic carbocycles. The monoisotopic (exact) mass is 303 g/mol. The summed E-state index contributed by atoms with van der Waals surface area (Å²) in [6.45, 7) is 9.54. The molecule has 0 saturated carbocycles. The van der Waals surface area contributed by atoms with Gasteiger partial charge in [-0.05, 0) is 6.07 Å². The zero-order valence-electron chi connectivity index (χ0n) is 13.8. The highest BCUT2D eigenvalue weighted by Gasteiger charge is 2.17. The van der Waals surface area contributed by atoms with Crippen molar-refractivity contribution in [1.82, 2.24) is 25.1 Å². The first kappa shape index (κ1) is 16.3. The van der Waals surface area contributed by atoms with Gasteiger partial charge in [0.1, 0.15) is 5.82 Å². The maximum Gasteiger partial charge on any atom is 0.222 e. The number of hydrogen-bond acceptors (Lipinski definition) is 3. The van der Waals surface area contributed by atoms with Crippen molar-refractivity contribution in [3.63, 3.8) is 0 Å². The molecule has 0 saturated heterocycles. The number of nitrogens with zero attached hydrogens (tertiary/aromatic N) is 3. The van der Waals surface area contributed by atoms with Gasteiger partial charge in [0.15, 0.2) is 0 Å². The molecular weight excluding hydrogens is 278 g/mol. The SMILES string of the molecule is CCc1nccn1CCC(=O)NCc1cc(C(C)(C)C)n[nH]1. The lowest BCUT2D eigenvalue weighted by Crippen LogP contribution is -2.24. The lowest BCUT2D eigenvalue weighted by Gasteiger charge is -2.13. The molecule has 0 aromatic carbocycles. The Kier molecular flexibility index (Phi) is 5.00. The molecule has 120 valence electrons. The fourth-order valence-corrected chi connectivity index (χ4v) is 2.20. The summed E-state index contributed by atoms with van der Waals surface area (Å²) in [5.41, 5.74) is 1.94. The van der Waals surface area contributed by atoms with Crippen molar-refractivity contribution >= 4 is 5.91 Å². The summed E-state index contributed by atoms with van der Waals surface area (Å²) < 4.78 is 2.02. The Morgan fingerprint density at radius 3 is 2.82 bits per heavy atom. The van der Waals surface area contributed by atoms with Crippen LogP contribution in [-0.2, 0) is 29.7 Å². The maximum absolute atomic E-state index is 11.9. The van der Waals surface area contributed by atoms with Crippen LogP contribution in [0.5, 0.6) is 0 Å². The minimum Gasteiger partial charge on any atom is -0.350 e. The molecule has 0 radical (unpaired) electrons. The molecule has 0 atom stereocenters. The van der Waals surface area contributed by atoms with Gasteiger partial charge in [0.25, 0.3) is 0 Å². The van der Waals surface area contributed by atoms with Crippen LogP contribution >= 0.6 is 0 Å². The van der Waals surface area contributed by atoms with E-state index in [0.29, 0.717) is 19.5 Å². The molecule has 2 aromatic heterocycles. The number of aromatic amines is 1. The predicted octanol–water partition coefficient (Wildman–Crippen LogP) is 2.17. The summed E-state index contributed by atoms with van der Waals surface area (Å²) in [5.74, 6) is 1.04. The summed E-state index contributed by atoms with van der Waals surface area (Å²) in [7, 11) is 0. The quantitative estimate of drug-likeness (QED) is 0.858. The third-order valence-corrected chi connectivity index (χ3v) is 3.57. The summed E-state index contributed by atoms with van der Waals surface area (Å²) in [6.07, 6.45) is 5.01. The van der Waals surface area contributed by atoms with E-state index >= 15 is 0 Å². The number of carbonyl (C=O) groups excluding carboxylic acids is 1. The number of aromatic nitrogens is 4. The number of aryl methyl sites for hydroxylation is 2. The summed E-state index contributed by atoms with van der Waals surface area (Å²) >= 11 is 0. The highest BCUT2D eigenvalue weighted by Crippen LogP contribution is 2.20. The van der Waals surface area contributed by atoms with Gasteiger partial charge in [0, 0.05) is 37.2 Å². The number of carbonyl (C=O) groups is 1. The highest BCUT2D eigenvalue weighted by molar-refractivity contribution is 5.75. The van der Waals surface area contributed by atoms with E-state index in [-0.39, 0.29) is 11.3 Å². The van der Waals surface area contributed by atoms with Crippen molar-refractivity contribution in [2.45, 2.75) is 59.0 Å². The van der Waals surface area contributed by atoms with Gasteiger partial charge in [-0.1, -0.05) is 27.7 Å². The van der Waals surface area contributed by atoms with Gasteiger partial charge in [-0.2, -0.15) is 5.10 Å². The Morgan fingerprint density at radius 2 is 2.18 bits per heavy atom. The van der Waals surface area contributed by atoms with Crippen molar-refractivity contribution in [3.05, 3.63) is 35.7 Å². The van der Waals surface area contributed by atoms with Crippen LogP contribution in [0.1, 0.15) is 51.3 Å². The van der Waals surface area contributed by atoms with Gasteiger partial charge in [0.05, 0.1) is 17.9 Å². The average Bonchev–Trinajstić information content (AvgIpc) is 3.10. The summed E-state index contributed by atoms with van der Waals surface area (Å²) in [6, 6.07) is 2.01. The zero-order chi connectivity index (χ0) is 16.2. The van der Waals surface area contributed by atoms with Gasteiger partial charge >= 0.3 is 0 Å². The number of amides is 1. The van der Waals surface area contributed by atoms with Crippen molar-refractivity contribution in [1.29, 1.82) is 0 Å². The third kappa shape index (κ3) is 4.19. The first-order valence-corrected chi connectivity index (χ1v) is 7.71. The molecule has 0 aliphatic heterocycles. The largest absolute Gasteiger partial charge is 0.350 e. The van der Waals surface area contributed by atoms with Crippen molar-refractivity contribution in [2.24, 2.45) is 0 Å². The number of H-pyrrole nitrogens is 1. The van der Waals surface area contributed by atoms with E-state index in [0.717, 1.165) is 23.6 Å². The van der Waals surface area contributed by atoms with Crippen LogP contribution in [0.4, 0.5) is 0 Å². The fourth-order valence-electron chi connectivity index (χ4n) is 2.20. The van der Waals surface area contributed by atoms with E-state index in [2.05, 4.69) is 48.2 Å². The number of hydrogen-bond donors (Lipinski definition) is 2. The number of nitrogens with one attached hydrogen (secondary N) is 2. The molecule has 6 nitrogen and oxygen atoms in total. The Balaban J connectivity index is 1.79. The summed E-state index contributed by atoms with van der Waals surface area (Å²) in [5, 5.41) is 10.2. The van der Waals surface area contributed by atoms with E-state index in [1.54, 1.807) is 6.20 Å². The first-order chi connectivity index (χ1) is 10.4. The Labute approximate surface area is 131 Å². The molecule has 0 spiro atoms. The molecule has 2 N–H and O–H groups in total. The lowest BCUT2D eigenvalue weighted by molar-refractivity contribution is -0.121. The van der Waals surface area contributed by atoms with Crippen LogP contribution in [0.15, 0.2) is 18.5 Å². The normalized spacial score (nSPS) is 11.6. The standard InChI is InChI=1S/C16H25N5O/c1-5-14-17-7-9-21(14)8-6-15(22)18-11-12-10-13(20-19-12)16(2,3)4/h7,9-10H,5-6,8,11H2,1-4H3,(H,18,22)(H,19,20). The molecule has 22 heavy (non-hydrogen) atoms. The first-order valence-electron chi connectivity index (χ1n) is 7.71. The van der Waals surface area contributed by atoms with E-state index in [1.165, 1.54) is 0 Å². The van der Waals surface area contributed by atoms with Crippen LogP contribution in [0.3, 0.4) is 0 Å². The molecule has 2 aromatic rings. The van der Waals surface area contributed by atoms with Crippen molar-refractivity contribution in [2.75, 3.05) is 0 Å². The second-order valence-electron chi connectivity index (χ2n) is 6.45. The van der Waals surface area contributed by atoms with Crippen LogP contribution in [-0.4, -0.2) is 25.7 Å². The van der Waals surface area contributed by atoms with Crippen molar-refractivity contribution < 1.29 is 4.79 Å². The van der Waals surface area contributed by atoms with Crippen LogP contribution in [0, 0.1) is 0 Å². The Bertz CT molecular complexity index is 621. The third-order valence-electron chi connectivity index (χ3n) is 3.57. The average molecular weight is 303 g/mol. The maximum atomic E-state index is 11.9. The second kappa shape index (κ2) is 6.77. The second-order valence-corrected chi connectivity index (χ2v) is 6.45. The fraction of sp³-hybridized carbons (Fsp3) is 0.562. The van der Waals surface area contributed by atoms with Crippen molar-refractivity contribution in [3.8, 4) is 0 Å². The van der Waals surface area contributed by atoms with E-state index in [4.69, 9.17) is 0 Å². The molecule has 2 rings (SSSR count). The van der Waals surface area contributed by atoms with Gasteiger partial charge < -0.3 is 9.88 Å². The lowest BCUT2D eigenvalue weighted by atomic mass is 9.92. The molecule has 0 unspecified atom stereocenters. The summed E-state index contributed by atoms with van der Waals surface area (Å²) in [4.78, 5) is 16.2. The smallest absolute Gasteiger partial charge is 0.222 e. The van der Waals surface area contributed by atoms with Crippen LogP contribution in [0.25, 0.3) is 0 Å². The van der Waals surface area contributed by atoms with Gasteiger partial charge in [-0.3, -0.25) is 9.89 Å². The van der Waals surface area contributed by atoms with E-state index < -0.39 is 0 Å². The van der Waals surface area contributed by atoms with Gasteiger partial charge in [-0.15, -0.1) is 0 Å². The minimum absolute atomic E-state index is 0.0106. The Hall–Kier alpha value is -2.11. The minimum atomic E-state index is 0.0106. The van der Waals surface area contributed by atoms with Crippen LogP contribution < -0.4 is 5.32 Å². The topological polar surface area (TPSA) is 75.6 Å². The molecular formula is C16H25N5O. The highest BCUT2D eigenvalue weighted by atomic mass is 16.1. The predicted molar refractivity (Wildman–Crippen MR) is 85.4 cm³/mol.